The van der Waals surface area contributed by atoms with Gasteiger partial charge in [0.25, 0.3) is 0 Å². The van der Waals surface area contributed by atoms with Crippen LogP contribution in [-0.4, -0.2) is 28.7 Å². The fourth-order valence-electron chi connectivity index (χ4n) is 13.5. The number of benzene rings is 12. The van der Waals surface area contributed by atoms with Crippen molar-refractivity contribution in [2.45, 2.75) is 0 Å². The second-order valence-corrected chi connectivity index (χ2v) is 25.2. The molecule has 0 aliphatic carbocycles. The number of thiophene rings is 3. The SMILES string of the molecule is c1cc(-c2nc(-c3ccc(-n4c5ccccc5c5cc6sc7ccccc7c6cc54)cc3)nc(-c3cccc(-n4c5ccccc5c5cc6sc7ccccc7c6cc54)c3)n2)cc(-n2c3ccccc3c3cc4sc5ccccc5c4cc32)c1. The molecule has 0 bridgehead atoms. The third-order valence-corrected chi connectivity index (χ3v) is 20.7. The standard InChI is InChI=1S/C75H42N6S3/c1-7-25-61-49(19-1)55-40-70-58(52-22-4-10-28-67(52)82-70)37-64(55)79(61)46-33-31-43(32-34-46)73-76-74(44-15-13-17-47(35-44)80-62-26-8-2-20-50(62)56-41-71-59(38-65(56)80)53-23-5-11-29-68(53)83-71)78-75(77-73)45-16-14-18-48(36-45)81-63-27-9-3-21-51(63)57-42-72-60(39-66(57)81)54-24-6-12-30-69(54)84-72/h1-42H. The first-order valence-corrected chi connectivity index (χ1v) is 30.7. The van der Waals surface area contributed by atoms with Gasteiger partial charge in [0, 0.05) is 127 Å². The Kier molecular flexibility index (Phi) is 9.71. The van der Waals surface area contributed by atoms with Crippen molar-refractivity contribution in [3.8, 4) is 51.2 Å². The summed E-state index contributed by atoms with van der Waals surface area (Å²) in [6.07, 6.45) is 0. The van der Waals surface area contributed by atoms with Crippen molar-refractivity contribution in [3.63, 3.8) is 0 Å². The van der Waals surface area contributed by atoms with E-state index in [1.807, 2.05) is 34.0 Å². The predicted octanol–water partition coefficient (Wildman–Crippen LogP) is 21.3. The Balaban J connectivity index is 0.797. The fraction of sp³-hybridized carbons (Fsp3) is 0. The second-order valence-electron chi connectivity index (χ2n) is 21.9. The average molecular weight is 1120 g/mol. The summed E-state index contributed by atoms with van der Waals surface area (Å²) in [5.41, 5.74) is 12.8. The summed E-state index contributed by atoms with van der Waals surface area (Å²) in [5, 5.41) is 15.0. The van der Waals surface area contributed by atoms with Crippen LogP contribution in [0.4, 0.5) is 0 Å². The van der Waals surface area contributed by atoms with Crippen LogP contribution in [0.3, 0.4) is 0 Å². The van der Waals surface area contributed by atoms with Gasteiger partial charge in [0.2, 0.25) is 0 Å². The van der Waals surface area contributed by atoms with Gasteiger partial charge in [0.1, 0.15) is 0 Å². The molecule has 0 aliphatic heterocycles. The van der Waals surface area contributed by atoms with Crippen molar-refractivity contribution < 1.29 is 0 Å². The van der Waals surface area contributed by atoms with E-state index in [-0.39, 0.29) is 0 Å². The van der Waals surface area contributed by atoms with Crippen LogP contribution in [0.2, 0.25) is 0 Å². The summed E-state index contributed by atoms with van der Waals surface area (Å²) in [6, 6.07) is 93.0. The highest BCUT2D eigenvalue weighted by atomic mass is 32.1. The van der Waals surface area contributed by atoms with Gasteiger partial charge in [-0.15, -0.1) is 34.0 Å². The molecule has 9 heteroatoms. The summed E-state index contributed by atoms with van der Waals surface area (Å²) in [5.74, 6) is 1.78. The van der Waals surface area contributed by atoms with Gasteiger partial charge < -0.3 is 13.7 Å². The predicted molar refractivity (Wildman–Crippen MR) is 358 cm³/mol. The highest BCUT2D eigenvalue weighted by Crippen LogP contribution is 2.45. The van der Waals surface area contributed by atoms with Gasteiger partial charge in [-0.2, -0.15) is 0 Å². The van der Waals surface area contributed by atoms with Crippen LogP contribution < -0.4 is 0 Å². The second kappa shape index (κ2) is 17.6. The smallest absolute Gasteiger partial charge is 0.164 e. The topological polar surface area (TPSA) is 53.5 Å². The summed E-state index contributed by atoms with van der Waals surface area (Å²) in [7, 11) is 0. The molecule has 390 valence electrons. The summed E-state index contributed by atoms with van der Waals surface area (Å²) >= 11 is 5.58. The van der Waals surface area contributed by atoms with Gasteiger partial charge in [-0.25, -0.2) is 15.0 Å². The van der Waals surface area contributed by atoms with Crippen molar-refractivity contribution in [2.24, 2.45) is 0 Å². The largest absolute Gasteiger partial charge is 0.309 e. The van der Waals surface area contributed by atoms with E-state index >= 15 is 0 Å². The molecule has 7 aromatic heterocycles. The number of hydrogen-bond donors (Lipinski definition) is 0. The van der Waals surface area contributed by atoms with E-state index < -0.39 is 0 Å². The van der Waals surface area contributed by atoms with Crippen LogP contribution in [0.25, 0.3) is 177 Å². The quantitative estimate of drug-likeness (QED) is 0.167. The van der Waals surface area contributed by atoms with Crippen molar-refractivity contribution in [2.75, 3.05) is 0 Å². The average Bonchev–Trinajstić information content (AvgIpc) is 2.58. The lowest BCUT2D eigenvalue weighted by Crippen LogP contribution is -2.02. The fourth-order valence-corrected chi connectivity index (χ4v) is 16.9. The van der Waals surface area contributed by atoms with Crippen LogP contribution in [0.15, 0.2) is 255 Å². The van der Waals surface area contributed by atoms with Crippen molar-refractivity contribution in [1.29, 1.82) is 0 Å². The molecule has 19 rings (SSSR count). The molecule has 0 spiro atoms. The summed E-state index contributed by atoms with van der Waals surface area (Å²) in [4.78, 5) is 16.3. The number of hydrogen-bond acceptors (Lipinski definition) is 6. The first-order valence-electron chi connectivity index (χ1n) is 28.2. The third kappa shape index (κ3) is 6.79. The molecule has 0 saturated heterocycles. The van der Waals surface area contributed by atoms with E-state index in [1.165, 1.54) is 104 Å². The van der Waals surface area contributed by atoms with E-state index in [0.29, 0.717) is 17.5 Å². The van der Waals surface area contributed by atoms with Crippen LogP contribution in [0.5, 0.6) is 0 Å². The van der Waals surface area contributed by atoms with Crippen LogP contribution in [0.1, 0.15) is 0 Å². The Morgan fingerprint density at radius 3 is 0.929 bits per heavy atom. The summed E-state index contributed by atoms with van der Waals surface area (Å²) in [6.45, 7) is 0. The van der Waals surface area contributed by atoms with E-state index in [4.69, 9.17) is 15.0 Å². The van der Waals surface area contributed by atoms with Crippen LogP contribution in [0, 0.1) is 0 Å². The highest BCUT2D eigenvalue weighted by Gasteiger charge is 2.22. The molecule has 0 atom stereocenters. The molecular formula is C75H42N6S3. The van der Waals surface area contributed by atoms with Crippen molar-refractivity contribution in [3.05, 3.63) is 255 Å². The molecule has 84 heavy (non-hydrogen) atoms. The monoisotopic (exact) mass is 1120 g/mol. The normalized spacial score (nSPS) is 12.3. The van der Waals surface area contributed by atoms with E-state index in [1.54, 1.807) is 0 Å². The lowest BCUT2D eigenvalue weighted by molar-refractivity contribution is 1.07. The molecule has 0 fully saturated rings. The molecule has 0 N–H and O–H groups in total. The highest BCUT2D eigenvalue weighted by molar-refractivity contribution is 7.26. The Bertz CT molecular complexity index is 5760. The lowest BCUT2D eigenvalue weighted by Gasteiger charge is -2.13. The first-order chi connectivity index (χ1) is 41.6. The Hall–Kier alpha value is -10.3. The zero-order chi connectivity index (χ0) is 54.7. The molecule has 0 unspecified atom stereocenters. The molecule has 0 saturated carbocycles. The van der Waals surface area contributed by atoms with Crippen molar-refractivity contribution in [1.82, 2.24) is 28.7 Å². The number of para-hydroxylation sites is 3. The van der Waals surface area contributed by atoms with Gasteiger partial charge >= 0.3 is 0 Å². The van der Waals surface area contributed by atoms with Gasteiger partial charge in [0.05, 0.1) is 33.1 Å². The maximum atomic E-state index is 5.46. The Morgan fingerprint density at radius 2 is 0.536 bits per heavy atom. The van der Waals surface area contributed by atoms with Gasteiger partial charge in [-0.05, 0) is 121 Å². The Labute approximate surface area is 491 Å². The molecule has 0 amide bonds. The zero-order valence-electron chi connectivity index (χ0n) is 44.7. The van der Waals surface area contributed by atoms with E-state index in [9.17, 15) is 0 Å². The molecule has 7 heterocycles. The molecular weight excluding hydrogens is 1080 g/mol. The maximum Gasteiger partial charge on any atom is 0.164 e. The molecule has 6 nitrogen and oxygen atoms in total. The summed E-state index contributed by atoms with van der Waals surface area (Å²) < 4.78 is 15.0. The molecule has 12 aromatic carbocycles. The number of nitrogens with zero attached hydrogens (tertiary/aromatic N) is 6. The van der Waals surface area contributed by atoms with Gasteiger partial charge in [-0.1, -0.05) is 133 Å². The minimum absolute atomic E-state index is 0.594. The zero-order valence-corrected chi connectivity index (χ0v) is 47.1. The Morgan fingerprint density at radius 1 is 0.202 bits per heavy atom. The van der Waals surface area contributed by atoms with Crippen LogP contribution in [-0.2, 0) is 0 Å². The maximum absolute atomic E-state index is 5.46. The van der Waals surface area contributed by atoms with Crippen molar-refractivity contribution >= 4 is 160 Å². The van der Waals surface area contributed by atoms with Gasteiger partial charge in [0.15, 0.2) is 17.5 Å². The lowest BCUT2D eigenvalue weighted by atomic mass is 10.1. The first kappa shape index (κ1) is 46.3. The number of aromatic nitrogens is 6. The minimum atomic E-state index is 0.594. The third-order valence-electron chi connectivity index (χ3n) is 17.3. The number of rotatable bonds is 6. The molecule has 0 radical (unpaired) electrons. The van der Waals surface area contributed by atoms with Crippen LogP contribution >= 0.6 is 34.0 Å². The minimum Gasteiger partial charge on any atom is -0.309 e. The number of fused-ring (bicyclic) bond motifs is 18. The van der Waals surface area contributed by atoms with Gasteiger partial charge in [-0.3, -0.25) is 0 Å². The molecule has 0 aliphatic rings. The van der Waals surface area contributed by atoms with E-state index in [0.717, 1.165) is 55.8 Å². The van der Waals surface area contributed by atoms with E-state index in [2.05, 4.69) is 268 Å². The molecule has 19 aromatic rings.